The molecule has 8 heteroatoms. The van der Waals surface area contributed by atoms with Crippen LogP contribution in [0.25, 0.3) is 0 Å². The zero-order valence-electron chi connectivity index (χ0n) is 14.8. The highest BCUT2D eigenvalue weighted by Crippen LogP contribution is 2.32. The van der Waals surface area contributed by atoms with Crippen molar-refractivity contribution >= 4 is 21.6 Å². The van der Waals surface area contributed by atoms with Gasteiger partial charge < -0.3 is 14.8 Å². The summed E-state index contributed by atoms with van der Waals surface area (Å²) in [5.41, 5.74) is 1.26. The molecule has 0 spiro atoms. The van der Waals surface area contributed by atoms with Crippen LogP contribution in [0.15, 0.2) is 47.4 Å². The zero-order valence-corrected chi connectivity index (χ0v) is 15.6. The number of sulfonamides is 1. The van der Waals surface area contributed by atoms with Gasteiger partial charge in [0.2, 0.25) is 10.0 Å². The van der Waals surface area contributed by atoms with Gasteiger partial charge in [0, 0.05) is 12.5 Å². The summed E-state index contributed by atoms with van der Waals surface area (Å²) in [6.07, 6.45) is 1.49. The van der Waals surface area contributed by atoms with Gasteiger partial charge in [-0.25, -0.2) is 13.1 Å². The lowest BCUT2D eigenvalue weighted by molar-refractivity contribution is -0.122. The van der Waals surface area contributed by atoms with E-state index < -0.39 is 16.1 Å². The lowest BCUT2D eigenvalue weighted by Gasteiger charge is -2.15. The summed E-state index contributed by atoms with van der Waals surface area (Å²) in [7, 11) is -2.17. The molecular formula is C19H20N2O5S. The number of amides is 1. The largest absolute Gasteiger partial charge is 0.495 e. The molecule has 2 aliphatic rings. The van der Waals surface area contributed by atoms with Crippen molar-refractivity contribution in [1.29, 1.82) is 0 Å². The minimum Gasteiger partial charge on any atom is -0.495 e. The topological polar surface area (TPSA) is 93.7 Å². The smallest absolute Gasteiger partial charge is 0.265 e. The van der Waals surface area contributed by atoms with Crippen molar-refractivity contribution in [3.8, 4) is 11.5 Å². The molecule has 0 bridgehead atoms. The number of carbonyl (C=O) groups is 1. The van der Waals surface area contributed by atoms with Crippen molar-refractivity contribution in [2.45, 2.75) is 36.3 Å². The van der Waals surface area contributed by atoms with Crippen LogP contribution in [-0.2, 0) is 21.2 Å². The fourth-order valence-corrected chi connectivity index (χ4v) is 4.31. The first-order valence-electron chi connectivity index (χ1n) is 8.72. The van der Waals surface area contributed by atoms with Crippen LogP contribution in [0.2, 0.25) is 0 Å². The minimum absolute atomic E-state index is 0.000496. The molecule has 2 aromatic rings. The van der Waals surface area contributed by atoms with E-state index in [1.54, 1.807) is 0 Å². The van der Waals surface area contributed by atoms with E-state index in [0.717, 1.165) is 18.4 Å². The molecule has 2 N–H and O–H groups in total. The number of fused-ring (bicyclic) bond motifs is 1. The maximum Gasteiger partial charge on any atom is 0.265 e. The summed E-state index contributed by atoms with van der Waals surface area (Å²) >= 11 is 0. The number of hydrogen-bond donors (Lipinski definition) is 2. The molecule has 142 valence electrons. The molecule has 1 amide bonds. The summed E-state index contributed by atoms with van der Waals surface area (Å²) in [4.78, 5) is 12.7. The van der Waals surface area contributed by atoms with Crippen LogP contribution in [0.3, 0.4) is 0 Å². The Balaban J connectivity index is 1.54. The first kappa shape index (κ1) is 17.8. The van der Waals surface area contributed by atoms with Gasteiger partial charge in [0.1, 0.15) is 11.5 Å². The van der Waals surface area contributed by atoms with Crippen LogP contribution >= 0.6 is 0 Å². The maximum atomic E-state index is 12.6. The molecule has 2 aromatic carbocycles. The summed E-state index contributed by atoms with van der Waals surface area (Å²) < 4.78 is 38.4. The number of hydrogen-bond acceptors (Lipinski definition) is 5. The third-order valence-corrected chi connectivity index (χ3v) is 6.10. The van der Waals surface area contributed by atoms with E-state index in [2.05, 4.69) is 10.0 Å². The number of anilines is 1. The fourth-order valence-electron chi connectivity index (χ4n) is 2.98. The predicted octanol–water partition coefficient (Wildman–Crippen LogP) is 2.08. The molecule has 1 saturated carbocycles. The van der Waals surface area contributed by atoms with Gasteiger partial charge in [-0.15, -0.1) is 0 Å². The highest BCUT2D eigenvalue weighted by molar-refractivity contribution is 7.89. The summed E-state index contributed by atoms with van der Waals surface area (Å²) in [6.45, 7) is 0. The van der Waals surface area contributed by atoms with E-state index in [4.69, 9.17) is 9.47 Å². The standard InChI is InChI=1S/C19H20N2O5S/c1-25-17-9-8-14(27(23,24)21-13-6-7-13)11-15(17)20-19(22)18-10-12-4-2-3-5-16(12)26-18/h2-5,8-9,11,13,18,21H,6-7,10H2,1H3,(H,20,22)/t18-/m1/s1. The zero-order chi connectivity index (χ0) is 19.0. The van der Waals surface area contributed by atoms with Gasteiger partial charge in [0.15, 0.2) is 6.10 Å². The fraction of sp³-hybridized carbons (Fsp3) is 0.316. The van der Waals surface area contributed by atoms with Crippen molar-refractivity contribution < 1.29 is 22.7 Å². The number of rotatable bonds is 6. The third-order valence-electron chi connectivity index (χ3n) is 4.58. The van der Waals surface area contributed by atoms with E-state index >= 15 is 0 Å². The molecule has 1 aliphatic carbocycles. The van der Waals surface area contributed by atoms with Gasteiger partial charge in [-0.3, -0.25) is 4.79 Å². The Morgan fingerprint density at radius 1 is 1.19 bits per heavy atom. The third kappa shape index (κ3) is 3.77. The molecule has 0 radical (unpaired) electrons. The number of methoxy groups -OCH3 is 1. The van der Waals surface area contributed by atoms with Crippen molar-refractivity contribution in [2.75, 3.05) is 12.4 Å². The monoisotopic (exact) mass is 388 g/mol. The summed E-state index contributed by atoms with van der Waals surface area (Å²) in [6, 6.07) is 11.9. The molecule has 1 fully saturated rings. The van der Waals surface area contributed by atoms with Crippen LogP contribution in [0.5, 0.6) is 11.5 Å². The van der Waals surface area contributed by atoms with Crippen molar-refractivity contribution in [1.82, 2.24) is 4.72 Å². The second-order valence-electron chi connectivity index (χ2n) is 6.67. The first-order chi connectivity index (χ1) is 13.0. The first-order valence-corrected chi connectivity index (χ1v) is 10.2. The van der Waals surface area contributed by atoms with Crippen LogP contribution in [0.4, 0.5) is 5.69 Å². The molecule has 0 aromatic heterocycles. The Morgan fingerprint density at radius 3 is 2.67 bits per heavy atom. The maximum absolute atomic E-state index is 12.6. The highest BCUT2D eigenvalue weighted by Gasteiger charge is 2.31. The average molecular weight is 388 g/mol. The van der Waals surface area contributed by atoms with Crippen molar-refractivity contribution in [2.24, 2.45) is 0 Å². The van der Waals surface area contributed by atoms with E-state index in [9.17, 15) is 13.2 Å². The van der Waals surface area contributed by atoms with Gasteiger partial charge in [0.05, 0.1) is 17.7 Å². The molecule has 27 heavy (non-hydrogen) atoms. The van der Waals surface area contributed by atoms with E-state index in [1.807, 2.05) is 24.3 Å². The van der Waals surface area contributed by atoms with Crippen LogP contribution < -0.4 is 19.5 Å². The molecule has 0 unspecified atom stereocenters. The van der Waals surface area contributed by atoms with Crippen LogP contribution in [0.1, 0.15) is 18.4 Å². The average Bonchev–Trinajstić information content (AvgIpc) is 3.34. The van der Waals surface area contributed by atoms with Crippen molar-refractivity contribution in [3.05, 3.63) is 48.0 Å². The quantitative estimate of drug-likeness (QED) is 0.790. The number of ether oxygens (including phenoxy) is 2. The number of benzene rings is 2. The number of para-hydroxylation sites is 1. The lowest BCUT2D eigenvalue weighted by atomic mass is 10.1. The molecule has 4 rings (SSSR count). The van der Waals surface area contributed by atoms with E-state index in [0.29, 0.717) is 23.6 Å². The second-order valence-corrected chi connectivity index (χ2v) is 8.38. The number of nitrogens with one attached hydrogen (secondary N) is 2. The van der Waals surface area contributed by atoms with E-state index in [1.165, 1.54) is 25.3 Å². The van der Waals surface area contributed by atoms with Crippen LogP contribution in [-0.4, -0.2) is 33.6 Å². The Kier molecular flexibility index (Phi) is 4.53. The normalized spacial score (nSPS) is 18.5. The Hall–Kier alpha value is -2.58. The molecule has 7 nitrogen and oxygen atoms in total. The molecular weight excluding hydrogens is 368 g/mol. The molecule has 0 saturated heterocycles. The Bertz CT molecular complexity index is 960. The summed E-state index contributed by atoms with van der Waals surface area (Å²) in [5.74, 6) is 0.716. The molecule has 1 heterocycles. The van der Waals surface area contributed by atoms with Crippen molar-refractivity contribution in [3.63, 3.8) is 0 Å². The lowest BCUT2D eigenvalue weighted by Crippen LogP contribution is -2.31. The summed E-state index contributed by atoms with van der Waals surface area (Å²) in [5, 5.41) is 2.74. The molecule has 1 atom stereocenters. The van der Waals surface area contributed by atoms with Gasteiger partial charge >= 0.3 is 0 Å². The Morgan fingerprint density at radius 2 is 1.96 bits per heavy atom. The van der Waals surface area contributed by atoms with Gasteiger partial charge in [-0.2, -0.15) is 0 Å². The van der Waals surface area contributed by atoms with Crippen LogP contribution in [0, 0.1) is 0 Å². The Labute approximate surface area is 157 Å². The minimum atomic E-state index is -3.63. The van der Waals surface area contributed by atoms with E-state index in [-0.39, 0.29) is 16.8 Å². The number of carbonyl (C=O) groups excluding carboxylic acids is 1. The van der Waals surface area contributed by atoms with Gasteiger partial charge in [0.25, 0.3) is 5.91 Å². The SMILES string of the molecule is COc1ccc(S(=O)(=O)NC2CC2)cc1NC(=O)[C@H]1Cc2ccccc2O1. The second kappa shape index (κ2) is 6.86. The van der Waals surface area contributed by atoms with Gasteiger partial charge in [-0.1, -0.05) is 18.2 Å². The highest BCUT2D eigenvalue weighted by atomic mass is 32.2. The van der Waals surface area contributed by atoms with Gasteiger partial charge in [-0.05, 0) is 42.7 Å². The predicted molar refractivity (Wildman–Crippen MR) is 99.5 cm³/mol. The molecule has 1 aliphatic heterocycles.